The third-order valence-corrected chi connectivity index (χ3v) is 5.95. The molecule has 4 rings (SSSR count). The Morgan fingerprint density at radius 1 is 1.30 bits per heavy atom. The highest BCUT2D eigenvalue weighted by Gasteiger charge is 2.28. The van der Waals surface area contributed by atoms with Crippen LogP contribution in [-0.4, -0.2) is 46.3 Å². The molecule has 2 heterocycles. The minimum atomic E-state index is -0.948. The molecule has 0 bridgehead atoms. The quantitative estimate of drug-likeness (QED) is 0.572. The first-order valence-corrected chi connectivity index (χ1v) is 10.4. The molecule has 30 heavy (non-hydrogen) atoms. The van der Waals surface area contributed by atoms with Crippen molar-refractivity contribution in [3.05, 3.63) is 63.3 Å². The van der Waals surface area contributed by atoms with E-state index in [1.807, 2.05) is 30.3 Å². The van der Waals surface area contributed by atoms with Crippen molar-refractivity contribution < 1.29 is 19.7 Å². The Balaban J connectivity index is 1.97. The highest BCUT2D eigenvalue weighted by Crippen LogP contribution is 2.38. The number of nitrogens with zero attached hydrogens (tertiary/aromatic N) is 2. The first kappa shape index (κ1) is 20.4. The number of phenolic OH excluding ortho intramolecular Hbond substituents is 1. The van der Waals surface area contributed by atoms with Crippen LogP contribution >= 0.6 is 15.9 Å². The van der Waals surface area contributed by atoms with Gasteiger partial charge in [0.1, 0.15) is 0 Å². The summed E-state index contributed by atoms with van der Waals surface area (Å²) in [6, 6.07) is 10.9. The molecule has 3 aromatic rings. The molecule has 2 N–H and O–H groups in total. The number of carboxylic acid groups (broad SMARTS) is 1. The van der Waals surface area contributed by atoms with Crippen LogP contribution in [0.3, 0.4) is 0 Å². The number of hydrogen-bond donors (Lipinski definition) is 2. The zero-order valence-electron chi connectivity index (χ0n) is 16.6. The summed E-state index contributed by atoms with van der Waals surface area (Å²) in [7, 11) is 1.50. The van der Waals surface area contributed by atoms with Gasteiger partial charge in [0.2, 0.25) is 0 Å². The Labute approximate surface area is 182 Å². The fourth-order valence-corrected chi connectivity index (χ4v) is 4.34. The molecule has 1 aliphatic heterocycles. The maximum Gasteiger partial charge on any atom is 0.336 e. The molecule has 0 saturated carbocycles. The van der Waals surface area contributed by atoms with Crippen molar-refractivity contribution >= 4 is 44.5 Å². The monoisotopic (exact) mass is 468 g/mol. The molecule has 154 valence electrons. The lowest BCUT2D eigenvalue weighted by Crippen LogP contribution is -2.31. The summed E-state index contributed by atoms with van der Waals surface area (Å²) in [4.78, 5) is 19.2. The molecule has 1 aromatic heterocycles. The van der Waals surface area contributed by atoms with Crippen LogP contribution in [-0.2, 0) is 6.54 Å². The van der Waals surface area contributed by atoms with Crippen molar-refractivity contribution in [1.29, 1.82) is 0 Å². The van der Waals surface area contributed by atoms with Crippen molar-refractivity contribution in [3.63, 3.8) is 0 Å². The number of rotatable bonds is 4. The third kappa shape index (κ3) is 3.55. The van der Waals surface area contributed by atoms with Crippen LogP contribution in [0.1, 0.15) is 34.1 Å². The summed E-state index contributed by atoms with van der Waals surface area (Å²) in [6.07, 6.45) is 1.97. The Kier molecular flexibility index (Phi) is 5.49. The number of carbonyl (C=O) groups is 1. The largest absolute Gasteiger partial charge is 0.503 e. The van der Waals surface area contributed by atoms with E-state index in [4.69, 9.17) is 9.72 Å². The van der Waals surface area contributed by atoms with Gasteiger partial charge in [-0.05, 0) is 57.9 Å². The number of fused-ring (bicyclic) bond motifs is 2. The lowest BCUT2D eigenvalue weighted by molar-refractivity contribution is 0.0696. The standard InChI is InChI=1S/C23H21BrN2O4/c1-3-26-11-14(8-13-9-17(24)22(27)19(10-13)30-2)21-16(12-26)20(23(28)29)15-6-4-5-7-18(15)25-21/h4-10,27H,3,11-12H2,1-2H3,(H,28,29)/b14-8+. The Bertz CT molecular complexity index is 1190. The molecule has 1 aliphatic rings. The van der Waals surface area contributed by atoms with Crippen LogP contribution in [0, 0.1) is 0 Å². The van der Waals surface area contributed by atoms with Crippen LogP contribution in [0.25, 0.3) is 22.6 Å². The first-order chi connectivity index (χ1) is 14.4. The molecule has 0 amide bonds. The van der Waals surface area contributed by atoms with Gasteiger partial charge in [-0.1, -0.05) is 25.1 Å². The fraction of sp³-hybridized carbons (Fsp3) is 0.217. The van der Waals surface area contributed by atoms with Crippen LogP contribution in [0.4, 0.5) is 0 Å². The number of aromatic nitrogens is 1. The molecule has 6 nitrogen and oxygen atoms in total. The Morgan fingerprint density at radius 2 is 2.07 bits per heavy atom. The van der Waals surface area contributed by atoms with Crippen molar-refractivity contribution in [2.24, 2.45) is 0 Å². The first-order valence-electron chi connectivity index (χ1n) is 9.57. The van der Waals surface area contributed by atoms with Gasteiger partial charge < -0.3 is 14.9 Å². The number of hydrogen-bond acceptors (Lipinski definition) is 5. The summed E-state index contributed by atoms with van der Waals surface area (Å²) in [5, 5.41) is 20.7. The van der Waals surface area contributed by atoms with Crippen molar-refractivity contribution in [2.45, 2.75) is 13.5 Å². The number of aromatic carboxylic acids is 1. The van der Waals surface area contributed by atoms with Gasteiger partial charge in [-0.15, -0.1) is 0 Å². The van der Waals surface area contributed by atoms with E-state index >= 15 is 0 Å². The van der Waals surface area contributed by atoms with Gasteiger partial charge in [-0.2, -0.15) is 0 Å². The van der Waals surface area contributed by atoms with Gasteiger partial charge in [0, 0.05) is 24.0 Å². The second-order valence-corrected chi connectivity index (χ2v) is 8.02. The van der Waals surface area contributed by atoms with Gasteiger partial charge >= 0.3 is 5.97 Å². The Hall–Kier alpha value is -2.90. The fourth-order valence-electron chi connectivity index (χ4n) is 3.88. The van der Waals surface area contributed by atoms with E-state index in [0.29, 0.717) is 45.5 Å². The molecule has 0 aliphatic carbocycles. The van der Waals surface area contributed by atoms with Gasteiger partial charge in [-0.3, -0.25) is 4.90 Å². The lowest BCUT2D eigenvalue weighted by Gasteiger charge is -2.30. The van der Waals surface area contributed by atoms with Gasteiger partial charge in [-0.25, -0.2) is 9.78 Å². The number of phenols is 1. The van der Waals surface area contributed by atoms with E-state index in [2.05, 4.69) is 27.8 Å². The molecule has 0 saturated heterocycles. The van der Waals surface area contributed by atoms with E-state index in [-0.39, 0.29) is 5.75 Å². The Morgan fingerprint density at radius 3 is 2.77 bits per heavy atom. The highest BCUT2D eigenvalue weighted by molar-refractivity contribution is 9.10. The molecule has 0 unspecified atom stereocenters. The SMILES string of the molecule is CCN1C/C(=C\c2cc(Br)c(O)c(OC)c2)c2nc3ccccc3c(C(=O)O)c2C1. The van der Waals surface area contributed by atoms with Crippen molar-refractivity contribution in [1.82, 2.24) is 9.88 Å². The minimum Gasteiger partial charge on any atom is -0.503 e. The third-order valence-electron chi connectivity index (χ3n) is 5.35. The summed E-state index contributed by atoms with van der Waals surface area (Å²) in [5.41, 5.74) is 4.15. The van der Waals surface area contributed by atoms with E-state index in [1.54, 1.807) is 12.1 Å². The highest BCUT2D eigenvalue weighted by atomic mass is 79.9. The van der Waals surface area contributed by atoms with E-state index in [9.17, 15) is 15.0 Å². The normalized spacial score (nSPS) is 15.4. The van der Waals surface area contributed by atoms with Crippen LogP contribution in [0.5, 0.6) is 11.5 Å². The number of likely N-dealkylation sites (N-methyl/N-ethyl adjacent to an activating group) is 1. The van der Waals surface area contributed by atoms with E-state index in [0.717, 1.165) is 23.2 Å². The number of benzene rings is 2. The number of aromatic hydroxyl groups is 1. The maximum atomic E-state index is 12.2. The number of pyridine rings is 1. The molecule has 0 radical (unpaired) electrons. The zero-order chi connectivity index (χ0) is 21.4. The smallest absolute Gasteiger partial charge is 0.336 e. The number of ether oxygens (including phenoxy) is 1. The summed E-state index contributed by atoms with van der Waals surface area (Å²) < 4.78 is 5.79. The predicted molar refractivity (Wildman–Crippen MR) is 120 cm³/mol. The molecule has 0 spiro atoms. The van der Waals surface area contributed by atoms with E-state index in [1.165, 1.54) is 7.11 Å². The number of halogens is 1. The topological polar surface area (TPSA) is 82.9 Å². The second kappa shape index (κ2) is 8.08. The van der Waals surface area contributed by atoms with Crippen LogP contribution < -0.4 is 4.74 Å². The number of carboxylic acids is 1. The summed E-state index contributed by atoms with van der Waals surface area (Å²) >= 11 is 3.36. The van der Waals surface area contributed by atoms with Gasteiger partial charge in [0.25, 0.3) is 0 Å². The molecule has 7 heteroatoms. The predicted octanol–water partition coefficient (Wildman–Crippen LogP) is 4.79. The number of para-hydroxylation sites is 1. The molecular formula is C23H21BrN2O4. The van der Waals surface area contributed by atoms with Crippen molar-refractivity contribution in [3.8, 4) is 11.5 Å². The van der Waals surface area contributed by atoms with Crippen LogP contribution in [0.2, 0.25) is 0 Å². The summed E-state index contributed by atoms with van der Waals surface area (Å²) in [6.45, 7) is 4.02. The van der Waals surface area contributed by atoms with Crippen molar-refractivity contribution in [2.75, 3.05) is 20.2 Å². The second-order valence-electron chi connectivity index (χ2n) is 7.16. The average Bonchev–Trinajstić information content (AvgIpc) is 2.74. The summed E-state index contributed by atoms with van der Waals surface area (Å²) in [5.74, 6) is -0.551. The molecule has 2 aromatic carbocycles. The lowest BCUT2D eigenvalue weighted by atomic mass is 9.92. The van der Waals surface area contributed by atoms with Crippen LogP contribution in [0.15, 0.2) is 40.9 Å². The zero-order valence-corrected chi connectivity index (χ0v) is 18.2. The average molecular weight is 469 g/mol. The maximum absolute atomic E-state index is 12.2. The molecule has 0 fully saturated rings. The molecule has 0 atom stereocenters. The minimum absolute atomic E-state index is 0.0381. The number of methoxy groups -OCH3 is 1. The van der Waals surface area contributed by atoms with Gasteiger partial charge in [0.05, 0.1) is 28.4 Å². The van der Waals surface area contributed by atoms with E-state index < -0.39 is 5.97 Å². The molecular weight excluding hydrogens is 448 g/mol. The van der Waals surface area contributed by atoms with Gasteiger partial charge in [0.15, 0.2) is 11.5 Å².